The van der Waals surface area contributed by atoms with E-state index in [9.17, 15) is 9.90 Å². The van der Waals surface area contributed by atoms with Crippen molar-refractivity contribution >= 4 is 28.6 Å². The minimum absolute atomic E-state index is 0.0234. The number of allylic oxidation sites excluding steroid dienone is 1. The molecule has 4 heteroatoms. The molecular weight excluding hydrogens is 456 g/mol. The first-order chi connectivity index (χ1) is 16.3. The van der Waals surface area contributed by atoms with Crippen molar-refractivity contribution in [3.63, 3.8) is 0 Å². The summed E-state index contributed by atoms with van der Waals surface area (Å²) < 4.78 is -0.470. The maximum absolute atomic E-state index is 12.1. The molecule has 0 amide bonds. The summed E-state index contributed by atoms with van der Waals surface area (Å²) in [4.78, 5) is 12.1. The maximum Gasteiger partial charge on any atom is 0.192 e. The normalized spacial score (nSPS) is 13.2. The molecule has 0 aliphatic heterocycles. The first-order valence-electron chi connectivity index (χ1n) is 11.7. The van der Waals surface area contributed by atoms with Crippen molar-refractivity contribution in [1.29, 1.82) is 0 Å². The van der Waals surface area contributed by atoms with Gasteiger partial charge in [0, 0.05) is 11.2 Å². The molecule has 1 atom stereocenters. The third kappa shape index (κ3) is 7.36. The zero-order valence-corrected chi connectivity index (χ0v) is 21.8. The Kier molecular flexibility index (Phi) is 9.63. The highest BCUT2D eigenvalue weighted by atomic mass is 32.2. The van der Waals surface area contributed by atoms with E-state index < -0.39 is 6.10 Å². The van der Waals surface area contributed by atoms with Gasteiger partial charge < -0.3 is 5.11 Å². The molecule has 0 spiro atoms. The molecule has 34 heavy (non-hydrogen) atoms. The van der Waals surface area contributed by atoms with Crippen LogP contribution in [0.2, 0.25) is 0 Å². The molecule has 3 rings (SSSR count). The predicted octanol–water partition coefficient (Wildman–Crippen LogP) is 7.47. The largest absolute Gasteiger partial charge is 0.389 e. The Morgan fingerprint density at radius 3 is 1.68 bits per heavy atom. The lowest BCUT2D eigenvalue weighted by atomic mass is 9.84. The lowest BCUT2D eigenvalue weighted by Crippen LogP contribution is -2.26. The smallest absolute Gasteiger partial charge is 0.192 e. The molecule has 1 unspecified atom stereocenters. The number of carbonyl (C=O) groups excluding carboxylic acids is 1. The summed E-state index contributed by atoms with van der Waals surface area (Å²) >= 11 is 3.19. The van der Waals surface area contributed by atoms with E-state index in [0.29, 0.717) is 0 Å². The minimum atomic E-state index is -0.741. The van der Waals surface area contributed by atoms with Gasteiger partial charge in [0.15, 0.2) is 5.12 Å². The van der Waals surface area contributed by atoms with Gasteiger partial charge in [0.25, 0.3) is 0 Å². The topological polar surface area (TPSA) is 37.3 Å². The predicted molar refractivity (Wildman–Crippen MR) is 148 cm³/mol. The zero-order valence-electron chi connectivity index (χ0n) is 20.2. The van der Waals surface area contributed by atoms with E-state index in [1.54, 1.807) is 6.08 Å². The second kappa shape index (κ2) is 12.4. The molecule has 0 bridgehead atoms. The molecule has 178 valence electrons. The molecule has 0 saturated carbocycles. The van der Waals surface area contributed by atoms with Crippen LogP contribution in [0.5, 0.6) is 0 Å². The Morgan fingerprint density at radius 1 is 0.824 bits per heavy atom. The number of carbonyl (C=O) groups is 1. The van der Waals surface area contributed by atoms with E-state index in [1.807, 2.05) is 38.6 Å². The molecule has 0 aliphatic rings. The zero-order chi connectivity index (χ0) is 24.4. The van der Waals surface area contributed by atoms with E-state index in [-0.39, 0.29) is 21.0 Å². The number of rotatable bonds is 10. The number of thioether (sulfide) groups is 2. The molecule has 0 aliphatic carbocycles. The fourth-order valence-electron chi connectivity index (χ4n) is 3.92. The Balaban J connectivity index is 1.77. The van der Waals surface area contributed by atoms with Crippen LogP contribution >= 0.6 is 23.5 Å². The average Bonchev–Trinajstić information content (AvgIpc) is 2.82. The first-order valence-corrected chi connectivity index (χ1v) is 13.5. The minimum Gasteiger partial charge on any atom is -0.389 e. The molecule has 0 heterocycles. The van der Waals surface area contributed by atoms with Crippen molar-refractivity contribution in [3.8, 4) is 0 Å². The summed E-state index contributed by atoms with van der Waals surface area (Å²) in [5.41, 5.74) is 3.73. The number of aliphatic hydroxyl groups is 1. The van der Waals surface area contributed by atoms with Gasteiger partial charge in [0.2, 0.25) is 0 Å². The van der Waals surface area contributed by atoms with Gasteiger partial charge in [-0.15, -0.1) is 11.8 Å². The highest BCUT2D eigenvalue weighted by Crippen LogP contribution is 2.48. The standard InChI is InChI=1S/C30H34O2S2/c1-29(2,3)34-28(32)23-27(31)21-13-14-22-33-30(24-15-7-4-8-16-24,25-17-9-5-10-18-25)26-19-11-6-12-20-26/h4-13,15-21,27,31H,14,22-23H2,1-3H3/b21-13+. The van der Waals surface area contributed by atoms with Crippen LogP contribution in [0.15, 0.2) is 103 Å². The third-order valence-corrected chi connectivity index (χ3v) is 7.88. The van der Waals surface area contributed by atoms with Gasteiger partial charge in [-0.1, -0.05) is 136 Å². The third-order valence-electron chi connectivity index (χ3n) is 5.30. The lowest BCUT2D eigenvalue weighted by Gasteiger charge is -2.35. The molecule has 3 aromatic rings. The summed E-state index contributed by atoms with van der Waals surface area (Å²) in [5, 5.41) is 10.3. The lowest BCUT2D eigenvalue weighted by molar-refractivity contribution is -0.112. The van der Waals surface area contributed by atoms with E-state index in [2.05, 4.69) is 91.0 Å². The van der Waals surface area contributed by atoms with Gasteiger partial charge >= 0.3 is 0 Å². The monoisotopic (exact) mass is 490 g/mol. The van der Waals surface area contributed by atoms with Crippen LogP contribution in [0.4, 0.5) is 0 Å². The molecule has 0 radical (unpaired) electrons. The second-order valence-corrected chi connectivity index (χ2v) is 12.4. The number of hydrogen-bond acceptors (Lipinski definition) is 4. The van der Waals surface area contributed by atoms with Crippen LogP contribution in [-0.2, 0) is 9.54 Å². The average molecular weight is 491 g/mol. The van der Waals surface area contributed by atoms with Crippen molar-refractivity contribution in [3.05, 3.63) is 120 Å². The molecule has 1 N–H and O–H groups in total. The van der Waals surface area contributed by atoms with Gasteiger partial charge in [0.1, 0.15) is 0 Å². The van der Waals surface area contributed by atoms with Crippen molar-refractivity contribution in [2.45, 2.75) is 49.2 Å². The SMILES string of the molecule is CC(C)(C)SC(=O)CC(O)/C=C/CCSC(c1ccccc1)(c1ccccc1)c1ccccc1. The Bertz CT molecular complexity index is 945. The number of hydrogen-bond donors (Lipinski definition) is 1. The fraction of sp³-hybridized carbons (Fsp3) is 0.300. The summed E-state index contributed by atoms with van der Waals surface area (Å²) in [6.45, 7) is 6.02. The highest BCUT2D eigenvalue weighted by molar-refractivity contribution is 8.14. The van der Waals surface area contributed by atoms with Crippen LogP contribution in [0.1, 0.15) is 50.3 Å². The van der Waals surface area contributed by atoms with Crippen molar-refractivity contribution in [2.75, 3.05) is 5.75 Å². The summed E-state index contributed by atoms with van der Waals surface area (Å²) in [6, 6.07) is 31.9. The van der Waals surface area contributed by atoms with Gasteiger partial charge in [-0.3, -0.25) is 4.79 Å². The van der Waals surface area contributed by atoms with Crippen LogP contribution in [0, 0.1) is 0 Å². The Hall–Kier alpha value is -2.27. The molecular formula is C30H34O2S2. The Labute approximate surface area is 212 Å². The van der Waals surface area contributed by atoms with Crippen molar-refractivity contribution < 1.29 is 9.90 Å². The van der Waals surface area contributed by atoms with Gasteiger partial charge in [-0.2, -0.15) is 0 Å². The maximum atomic E-state index is 12.1. The van der Waals surface area contributed by atoms with E-state index >= 15 is 0 Å². The summed E-state index contributed by atoms with van der Waals surface area (Å²) in [5.74, 6) is 0.868. The quantitative estimate of drug-likeness (QED) is 0.182. The van der Waals surface area contributed by atoms with E-state index in [0.717, 1.165) is 12.2 Å². The van der Waals surface area contributed by atoms with Crippen molar-refractivity contribution in [1.82, 2.24) is 0 Å². The van der Waals surface area contributed by atoms with Crippen LogP contribution in [-0.4, -0.2) is 26.8 Å². The first kappa shape index (κ1) is 26.3. The molecule has 0 fully saturated rings. The molecule has 3 aromatic carbocycles. The second-order valence-electron chi connectivity index (χ2n) is 9.20. The summed E-state index contributed by atoms with van der Waals surface area (Å²) in [7, 11) is 0. The van der Waals surface area contributed by atoms with Crippen LogP contribution < -0.4 is 0 Å². The van der Waals surface area contributed by atoms with Crippen molar-refractivity contribution in [2.24, 2.45) is 0 Å². The van der Waals surface area contributed by atoms with E-state index in [1.165, 1.54) is 28.5 Å². The van der Waals surface area contributed by atoms with Gasteiger partial charge in [-0.25, -0.2) is 0 Å². The fourth-order valence-corrected chi connectivity index (χ4v) is 6.33. The van der Waals surface area contributed by atoms with E-state index in [4.69, 9.17) is 0 Å². The molecule has 2 nitrogen and oxygen atoms in total. The molecule has 0 saturated heterocycles. The van der Waals surface area contributed by atoms with Crippen LogP contribution in [0.3, 0.4) is 0 Å². The highest BCUT2D eigenvalue weighted by Gasteiger charge is 2.36. The van der Waals surface area contributed by atoms with Crippen LogP contribution in [0.25, 0.3) is 0 Å². The van der Waals surface area contributed by atoms with Gasteiger partial charge in [-0.05, 0) is 28.9 Å². The molecule has 0 aromatic heterocycles. The Morgan fingerprint density at radius 2 is 1.26 bits per heavy atom. The summed E-state index contributed by atoms with van der Waals surface area (Å²) in [6.07, 6.45) is 3.97. The number of benzene rings is 3. The van der Waals surface area contributed by atoms with Gasteiger partial charge in [0.05, 0.1) is 10.9 Å². The number of aliphatic hydroxyl groups excluding tert-OH is 1.